The van der Waals surface area contributed by atoms with Crippen LogP contribution < -0.4 is 10.0 Å². The van der Waals surface area contributed by atoms with E-state index >= 15 is 0 Å². The van der Waals surface area contributed by atoms with E-state index in [1.54, 1.807) is 12.1 Å². The van der Waals surface area contributed by atoms with Gasteiger partial charge in [0.15, 0.2) is 0 Å². The van der Waals surface area contributed by atoms with Crippen LogP contribution in [0.4, 0.5) is 18.9 Å². The second kappa shape index (κ2) is 8.33. The van der Waals surface area contributed by atoms with Gasteiger partial charge in [-0.1, -0.05) is 6.07 Å². The van der Waals surface area contributed by atoms with E-state index in [0.29, 0.717) is 11.3 Å². The van der Waals surface area contributed by atoms with E-state index in [-0.39, 0.29) is 4.90 Å². The predicted octanol–water partition coefficient (Wildman–Crippen LogP) is 3.88. The summed E-state index contributed by atoms with van der Waals surface area (Å²) in [6, 6.07) is 13.8. The Kier molecular flexibility index (Phi) is 5.99. The molecule has 2 aromatic carbocycles. The van der Waals surface area contributed by atoms with E-state index in [2.05, 4.69) is 5.32 Å². The highest BCUT2D eigenvalue weighted by molar-refractivity contribution is 7.89. The molecule has 0 saturated carbocycles. The largest absolute Gasteiger partial charge is 0.402 e. The van der Waals surface area contributed by atoms with E-state index in [1.807, 2.05) is 42.1 Å². The fraction of sp³-hybridized carbons (Fsp3) is 0.150. The van der Waals surface area contributed by atoms with Crippen LogP contribution in [0.25, 0.3) is 5.69 Å². The number of halogens is 3. The molecular weight excluding hydrogens is 419 g/mol. The van der Waals surface area contributed by atoms with Crippen LogP contribution in [-0.2, 0) is 10.0 Å². The minimum atomic E-state index is -4.66. The summed E-state index contributed by atoms with van der Waals surface area (Å²) in [5.74, 6) is -0.408. The molecule has 1 heterocycles. The number of nitrogens with one attached hydrogen (secondary N) is 2. The first-order chi connectivity index (χ1) is 14.0. The monoisotopic (exact) mass is 437 g/mol. The first kappa shape index (κ1) is 21.6. The van der Waals surface area contributed by atoms with Crippen LogP contribution in [0.15, 0.2) is 71.9 Å². The van der Waals surface area contributed by atoms with Gasteiger partial charge in [0, 0.05) is 29.3 Å². The molecule has 0 radical (unpaired) electrons. The molecule has 0 bridgehead atoms. The molecule has 0 unspecified atom stereocenters. The highest BCUT2D eigenvalue weighted by Gasteiger charge is 2.30. The highest BCUT2D eigenvalue weighted by atomic mass is 32.2. The SMILES string of the molecule is Cc1ccc(C(=O)Nc2ccc(S(=O)(=O)NCC(F)(F)F)cc2)cc1-n1cccc1. The van der Waals surface area contributed by atoms with Crippen LogP contribution in [0.2, 0.25) is 0 Å². The maximum atomic E-state index is 12.6. The van der Waals surface area contributed by atoms with Gasteiger partial charge < -0.3 is 9.88 Å². The summed E-state index contributed by atoms with van der Waals surface area (Å²) in [7, 11) is -4.31. The van der Waals surface area contributed by atoms with E-state index in [1.165, 1.54) is 16.9 Å². The fourth-order valence-electron chi connectivity index (χ4n) is 2.70. The number of aryl methyl sites for hydroxylation is 1. The summed E-state index contributed by atoms with van der Waals surface area (Å²) in [6.07, 6.45) is -0.944. The number of anilines is 1. The molecule has 3 rings (SSSR count). The number of carbonyl (C=O) groups excluding carboxylic acids is 1. The molecule has 1 amide bonds. The summed E-state index contributed by atoms with van der Waals surface area (Å²) in [5.41, 5.74) is 2.51. The summed E-state index contributed by atoms with van der Waals surface area (Å²) in [6.45, 7) is 0.258. The van der Waals surface area contributed by atoms with Crippen molar-refractivity contribution in [3.8, 4) is 5.69 Å². The summed E-state index contributed by atoms with van der Waals surface area (Å²) in [5, 5.41) is 2.64. The van der Waals surface area contributed by atoms with Gasteiger partial charge in [-0.25, -0.2) is 13.1 Å². The third kappa shape index (κ3) is 5.28. The molecule has 158 valence electrons. The minimum absolute atomic E-state index is 0.304. The average Bonchev–Trinajstić information content (AvgIpc) is 3.21. The van der Waals surface area contributed by atoms with Crippen molar-refractivity contribution in [2.45, 2.75) is 18.0 Å². The van der Waals surface area contributed by atoms with Gasteiger partial charge in [0.2, 0.25) is 10.0 Å². The van der Waals surface area contributed by atoms with Gasteiger partial charge in [0.25, 0.3) is 5.91 Å². The van der Waals surface area contributed by atoms with Gasteiger partial charge in [-0.3, -0.25) is 4.79 Å². The molecule has 0 spiro atoms. The standard InChI is InChI=1S/C20H18F3N3O3S/c1-14-4-5-15(12-18(14)26-10-2-3-11-26)19(27)25-16-6-8-17(9-7-16)30(28,29)24-13-20(21,22)23/h2-12,24H,13H2,1H3,(H,25,27). The topological polar surface area (TPSA) is 80.2 Å². The number of hydrogen-bond donors (Lipinski definition) is 2. The van der Waals surface area contributed by atoms with E-state index in [9.17, 15) is 26.4 Å². The summed E-state index contributed by atoms with van der Waals surface area (Å²) in [4.78, 5) is 12.2. The van der Waals surface area contributed by atoms with Gasteiger partial charge in [0.05, 0.1) is 4.90 Å². The summed E-state index contributed by atoms with van der Waals surface area (Å²) < 4.78 is 63.9. The molecular formula is C20H18F3N3O3S. The number of hydrogen-bond acceptors (Lipinski definition) is 3. The fourth-order valence-corrected chi connectivity index (χ4v) is 3.72. The van der Waals surface area contributed by atoms with E-state index in [0.717, 1.165) is 23.4 Å². The predicted molar refractivity (Wildman–Crippen MR) is 106 cm³/mol. The zero-order chi connectivity index (χ0) is 21.9. The minimum Gasteiger partial charge on any atom is -0.324 e. The lowest BCUT2D eigenvalue weighted by Crippen LogP contribution is -2.33. The number of nitrogens with zero attached hydrogens (tertiary/aromatic N) is 1. The van der Waals surface area contributed by atoms with Gasteiger partial charge in [-0.15, -0.1) is 0 Å². The van der Waals surface area contributed by atoms with Crippen LogP contribution in [0, 0.1) is 6.92 Å². The number of benzene rings is 2. The Labute approximate surface area is 171 Å². The summed E-state index contributed by atoms with van der Waals surface area (Å²) >= 11 is 0. The van der Waals surface area contributed by atoms with Crippen LogP contribution in [0.1, 0.15) is 15.9 Å². The number of sulfonamides is 1. The molecule has 0 aliphatic carbocycles. The first-order valence-electron chi connectivity index (χ1n) is 8.77. The molecule has 2 N–H and O–H groups in total. The molecule has 0 saturated heterocycles. The van der Waals surface area contributed by atoms with Crippen LogP contribution >= 0.6 is 0 Å². The maximum absolute atomic E-state index is 12.6. The molecule has 0 fully saturated rings. The Balaban J connectivity index is 1.73. The Morgan fingerprint density at radius 3 is 2.27 bits per heavy atom. The lowest BCUT2D eigenvalue weighted by molar-refractivity contribution is -0.121. The molecule has 0 aliphatic rings. The quantitative estimate of drug-likeness (QED) is 0.614. The molecule has 6 nitrogen and oxygen atoms in total. The van der Waals surface area contributed by atoms with E-state index < -0.39 is 28.7 Å². The van der Waals surface area contributed by atoms with Gasteiger partial charge in [0.1, 0.15) is 6.54 Å². The lowest BCUT2D eigenvalue weighted by Gasteiger charge is -2.12. The average molecular weight is 437 g/mol. The number of alkyl halides is 3. The van der Waals surface area contributed by atoms with E-state index in [4.69, 9.17) is 0 Å². The molecule has 30 heavy (non-hydrogen) atoms. The van der Waals surface area contributed by atoms with Gasteiger partial charge >= 0.3 is 6.18 Å². The van der Waals surface area contributed by atoms with Crippen molar-refractivity contribution in [2.24, 2.45) is 0 Å². The first-order valence-corrected chi connectivity index (χ1v) is 10.3. The molecule has 1 aromatic heterocycles. The second-order valence-electron chi connectivity index (χ2n) is 6.51. The number of carbonyl (C=O) groups is 1. The lowest BCUT2D eigenvalue weighted by atomic mass is 10.1. The van der Waals surface area contributed by atoms with Gasteiger partial charge in [-0.2, -0.15) is 13.2 Å². The van der Waals surface area contributed by atoms with Crippen molar-refractivity contribution in [1.29, 1.82) is 0 Å². The molecule has 0 aliphatic heterocycles. The second-order valence-corrected chi connectivity index (χ2v) is 8.28. The van der Waals surface area contributed by atoms with Crippen molar-refractivity contribution in [3.63, 3.8) is 0 Å². The smallest absolute Gasteiger partial charge is 0.324 e. The van der Waals surface area contributed by atoms with Crippen molar-refractivity contribution in [1.82, 2.24) is 9.29 Å². The zero-order valence-corrected chi connectivity index (χ0v) is 16.6. The third-order valence-corrected chi connectivity index (χ3v) is 5.66. The molecule has 10 heteroatoms. The molecule has 0 atom stereocenters. The molecule has 3 aromatic rings. The Morgan fingerprint density at radius 2 is 1.67 bits per heavy atom. The maximum Gasteiger partial charge on any atom is 0.402 e. The van der Waals surface area contributed by atoms with Crippen molar-refractivity contribution in [2.75, 3.05) is 11.9 Å². The Bertz CT molecular complexity index is 1140. The zero-order valence-electron chi connectivity index (χ0n) is 15.8. The van der Waals surface area contributed by atoms with Crippen LogP contribution in [0.5, 0.6) is 0 Å². The Morgan fingerprint density at radius 1 is 1.03 bits per heavy atom. The number of amides is 1. The van der Waals surface area contributed by atoms with Crippen LogP contribution in [0.3, 0.4) is 0 Å². The highest BCUT2D eigenvalue weighted by Crippen LogP contribution is 2.20. The van der Waals surface area contributed by atoms with Crippen molar-refractivity contribution < 1.29 is 26.4 Å². The van der Waals surface area contributed by atoms with Crippen molar-refractivity contribution >= 4 is 21.6 Å². The number of aromatic nitrogens is 1. The normalized spacial score (nSPS) is 12.0. The van der Waals surface area contributed by atoms with Crippen molar-refractivity contribution in [3.05, 3.63) is 78.1 Å². The third-order valence-electron chi connectivity index (χ3n) is 4.24. The Hall–Kier alpha value is -3.11. The van der Waals surface area contributed by atoms with Gasteiger partial charge in [-0.05, 0) is 61.0 Å². The number of rotatable bonds is 6. The van der Waals surface area contributed by atoms with Crippen LogP contribution in [-0.4, -0.2) is 31.6 Å².